The van der Waals surface area contributed by atoms with Gasteiger partial charge in [-0.3, -0.25) is 9.69 Å². The second-order valence-corrected chi connectivity index (χ2v) is 6.58. The van der Waals surface area contributed by atoms with Crippen LogP contribution in [0.15, 0.2) is 18.2 Å². The van der Waals surface area contributed by atoms with E-state index in [2.05, 4.69) is 6.92 Å². The maximum absolute atomic E-state index is 12.1. The van der Waals surface area contributed by atoms with Crippen LogP contribution in [0.4, 0.5) is 10.5 Å². The van der Waals surface area contributed by atoms with Gasteiger partial charge in [0.1, 0.15) is 6.10 Å². The van der Waals surface area contributed by atoms with Crippen LogP contribution < -0.4 is 4.90 Å². The van der Waals surface area contributed by atoms with Crippen LogP contribution in [0.25, 0.3) is 0 Å². The number of benzene rings is 1. The molecule has 1 atom stereocenters. The second kappa shape index (κ2) is 7.16. The molecule has 1 saturated heterocycles. The molecule has 23 heavy (non-hydrogen) atoms. The summed E-state index contributed by atoms with van der Waals surface area (Å²) in [6.45, 7) is 2.78. The van der Waals surface area contributed by atoms with Gasteiger partial charge in [0.25, 0.3) is 0 Å². The van der Waals surface area contributed by atoms with Crippen LogP contribution in [0, 0.1) is 0 Å². The smallest absolute Gasteiger partial charge is 0.414 e. The molecule has 1 fully saturated rings. The number of nitrogens with zero attached hydrogens (tertiary/aromatic N) is 1. The first-order chi connectivity index (χ1) is 11.2. The Kier molecular flexibility index (Phi) is 4.99. The molecule has 0 unspecified atom stereocenters. The largest absolute Gasteiger partial charge is 0.444 e. The molecule has 124 valence electrons. The van der Waals surface area contributed by atoms with Crippen molar-refractivity contribution in [3.8, 4) is 0 Å². The Morgan fingerprint density at radius 1 is 1.17 bits per heavy atom. The third kappa shape index (κ3) is 3.57. The third-order valence-electron chi connectivity index (χ3n) is 4.81. The SMILES string of the molecule is CCCCCC[C@@H]1CN(c2ccc3c(c2)C(=O)CCC3)C(=O)O1. The van der Waals surface area contributed by atoms with E-state index in [4.69, 9.17) is 4.74 Å². The van der Waals surface area contributed by atoms with Crippen molar-refractivity contribution < 1.29 is 14.3 Å². The fourth-order valence-corrected chi connectivity index (χ4v) is 3.47. The minimum Gasteiger partial charge on any atom is -0.444 e. The fourth-order valence-electron chi connectivity index (χ4n) is 3.47. The van der Waals surface area contributed by atoms with Gasteiger partial charge >= 0.3 is 6.09 Å². The molecule has 2 aliphatic rings. The molecule has 1 heterocycles. The molecule has 1 aliphatic heterocycles. The predicted molar refractivity (Wildman–Crippen MR) is 90.1 cm³/mol. The molecule has 4 heteroatoms. The average Bonchev–Trinajstić information content (AvgIpc) is 2.93. The molecule has 1 aliphatic carbocycles. The molecule has 0 spiro atoms. The first kappa shape index (κ1) is 16.0. The normalized spacial score (nSPS) is 20.6. The van der Waals surface area contributed by atoms with Gasteiger partial charge in [0.05, 0.1) is 6.54 Å². The highest BCUT2D eigenvalue weighted by Crippen LogP contribution is 2.29. The van der Waals surface area contributed by atoms with Gasteiger partial charge in [-0.1, -0.05) is 32.3 Å². The number of aryl methyl sites for hydroxylation is 1. The average molecular weight is 315 g/mol. The molecule has 0 radical (unpaired) electrons. The zero-order valence-electron chi connectivity index (χ0n) is 13.8. The lowest BCUT2D eigenvalue weighted by molar-refractivity contribution is 0.0972. The number of fused-ring (bicyclic) bond motifs is 1. The zero-order valence-corrected chi connectivity index (χ0v) is 13.8. The number of rotatable bonds is 6. The lowest BCUT2D eigenvalue weighted by Gasteiger charge is -2.19. The summed E-state index contributed by atoms with van der Waals surface area (Å²) < 4.78 is 5.48. The van der Waals surface area contributed by atoms with Crippen LogP contribution in [0.1, 0.15) is 67.8 Å². The highest BCUT2D eigenvalue weighted by atomic mass is 16.6. The molecule has 1 aromatic rings. The van der Waals surface area contributed by atoms with E-state index < -0.39 is 0 Å². The molecular formula is C19H25NO3. The number of carbonyl (C=O) groups excluding carboxylic acids is 2. The molecule has 0 saturated carbocycles. The van der Waals surface area contributed by atoms with Gasteiger partial charge in [-0.15, -0.1) is 0 Å². The van der Waals surface area contributed by atoms with Crippen LogP contribution in [-0.4, -0.2) is 24.5 Å². The van der Waals surface area contributed by atoms with Gasteiger partial charge < -0.3 is 4.74 Å². The van der Waals surface area contributed by atoms with E-state index in [-0.39, 0.29) is 18.0 Å². The number of hydrogen-bond donors (Lipinski definition) is 0. The van der Waals surface area contributed by atoms with Gasteiger partial charge in [0.2, 0.25) is 0 Å². The lowest BCUT2D eigenvalue weighted by atomic mass is 9.90. The topological polar surface area (TPSA) is 46.6 Å². The van der Waals surface area contributed by atoms with Crippen molar-refractivity contribution >= 4 is 17.6 Å². The number of anilines is 1. The van der Waals surface area contributed by atoms with Crippen molar-refractivity contribution in [2.24, 2.45) is 0 Å². The van der Waals surface area contributed by atoms with E-state index in [1.165, 1.54) is 19.3 Å². The number of ether oxygens (including phenoxy) is 1. The summed E-state index contributed by atoms with van der Waals surface area (Å²) in [6.07, 6.45) is 7.84. The van der Waals surface area contributed by atoms with Crippen molar-refractivity contribution in [1.82, 2.24) is 0 Å². The number of ketones is 1. The summed E-state index contributed by atoms with van der Waals surface area (Å²) in [5.74, 6) is 0.191. The molecule has 3 rings (SSSR count). The summed E-state index contributed by atoms with van der Waals surface area (Å²) in [7, 11) is 0. The molecule has 4 nitrogen and oxygen atoms in total. The van der Waals surface area contributed by atoms with E-state index in [1.54, 1.807) is 4.90 Å². The van der Waals surface area contributed by atoms with Gasteiger partial charge in [-0.25, -0.2) is 4.79 Å². The van der Waals surface area contributed by atoms with Crippen LogP contribution >= 0.6 is 0 Å². The Balaban J connectivity index is 1.66. The first-order valence-corrected chi connectivity index (χ1v) is 8.83. The van der Waals surface area contributed by atoms with Crippen molar-refractivity contribution in [3.05, 3.63) is 29.3 Å². The van der Waals surface area contributed by atoms with E-state index >= 15 is 0 Å². The molecule has 1 amide bonds. The van der Waals surface area contributed by atoms with Crippen LogP contribution in [-0.2, 0) is 11.2 Å². The number of amides is 1. The fraction of sp³-hybridized carbons (Fsp3) is 0.579. The summed E-state index contributed by atoms with van der Waals surface area (Å²) in [4.78, 5) is 25.9. The molecule has 0 bridgehead atoms. The molecular weight excluding hydrogens is 290 g/mol. The third-order valence-corrected chi connectivity index (χ3v) is 4.81. The Labute approximate surface area is 137 Å². The van der Waals surface area contributed by atoms with Crippen molar-refractivity contribution in [2.75, 3.05) is 11.4 Å². The highest BCUT2D eigenvalue weighted by Gasteiger charge is 2.32. The number of cyclic esters (lactones) is 1. The lowest BCUT2D eigenvalue weighted by Crippen LogP contribution is -2.25. The summed E-state index contributed by atoms with van der Waals surface area (Å²) in [6, 6.07) is 5.80. The Bertz CT molecular complexity index is 596. The molecule has 0 N–H and O–H groups in total. The standard InChI is InChI=1S/C19H25NO3/c1-2-3-4-5-8-16-13-20(19(22)23-16)15-11-10-14-7-6-9-18(21)17(14)12-15/h10-12,16H,2-9,13H2,1H3/t16-/m1/s1. The predicted octanol–water partition coefficient (Wildman–Crippen LogP) is 4.50. The van der Waals surface area contributed by atoms with Crippen molar-refractivity contribution in [3.63, 3.8) is 0 Å². The Hall–Kier alpha value is -1.84. The highest BCUT2D eigenvalue weighted by molar-refractivity contribution is 6.00. The Morgan fingerprint density at radius 3 is 2.87 bits per heavy atom. The van der Waals surface area contributed by atoms with Crippen LogP contribution in [0.5, 0.6) is 0 Å². The van der Waals surface area contributed by atoms with E-state index in [9.17, 15) is 9.59 Å². The number of unbranched alkanes of at least 4 members (excludes halogenated alkanes) is 3. The minimum atomic E-state index is -0.284. The summed E-state index contributed by atoms with van der Waals surface area (Å²) in [5, 5.41) is 0. The first-order valence-electron chi connectivity index (χ1n) is 8.83. The molecule has 1 aromatic carbocycles. The number of carbonyl (C=O) groups is 2. The van der Waals surface area contributed by atoms with E-state index in [0.717, 1.165) is 42.5 Å². The van der Waals surface area contributed by atoms with Gasteiger partial charge in [0.15, 0.2) is 5.78 Å². The maximum Gasteiger partial charge on any atom is 0.414 e. The quantitative estimate of drug-likeness (QED) is 0.726. The monoisotopic (exact) mass is 315 g/mol. The van der Waals surface area contributed by atoms with Gasteiger partial charge in [0, 0.05) is 17.7 Å². The maximum atomic E-state index is 12.1. The van der Waals surface area contributed by atoms with Crippen LogP contribution in [0.3, 0.4) is 0 Å². The number of Topliss-reactive ketones (excluding diaryl/α,β-unsaturated/α-hetero) is 1. The number of hydrogen-bond acceptors (Lipinski definition) is 3. The van der Waals surface area contributed by atoms with E-state index in [0.29, 0.717) is 13.0 Å². The van der Waals surface area contributed by atoms with Crippen molar-refractivity contribution in [1.29, 1.82) is 0 Å². The van der Waals surface area contributed by atoms with Crippen molar-refractivity contribution in [2.45, 2.75) is 64.4 Å². The van der Waals surface area contributed by atoms with Gasteiger partial charge in [-0.05, 0) is 43.4 Å². The molecule has 0 aromatic heterocycles. The van der Waals surface area contributed by atoms with Gasteiger partial charge in [-0.2, -0.15) is 0 Å². The Morgan fingerprint density at radius 2 is 2.04 bits per heavy atom. The second-order valence-electron chi connectivity index (χ2n) is 6.58. The minimum absolute atomic E-state index is 0.0221. The zero-order chi connectivity index (χ0) is 16.2. The summed E-state index contributed by atoms with van der Waals surface area (Å²) in [5.41, 5.74) is 2.68. The summed E-state index contributed by atoms with van der Waals surface area (Å²) >= 11 is 0. The van der Waals surface area contributed by atoms with Crippen LogP contribution in [0.2, 0.25) is 0 Å². The van der Waals surface area contributed by atoms with E-state index in [1.807, 2.05) is 18.2 Å².